The predicted octanol–water partition coefficient (Wildman–Crippen LogP) is 7.51. The molecule has 0 aliphatic carbocycles. The highest BCUT2D eigenvalue weighted by molar-refractivity contribution is 8.18. The van der Waals surface area contributed by atoms with Gasteiger partial charge >= 0.3 is 0 Å². The molecule has 11 heteroatoms. The van der Waals surface area contributed by atoms with Crippen molar-refractivity contribution in [2.24, 2.45) is 0 Å². The van der Waals surface area contributed by atoms with Gasteiger partial charge in [-0.25, -0.2) is 4.39 Å². The van der Waals surface area contributed by atoms with E-state index in [-0.39, 0.29) is 17.2 Å². The van der Waals surface area contributed by atoms with Crippen LogP contribution in [0, 0.1) is 5.82 Å². The molecule has 7 nitrogen and oxygen atoms in total. The lowest BCUT2D eigenvalue weighted by Crippen LogP contribution is -2.36. The second-order valence-electron chi connectivity index (χ2n) is 8.77. The van der Waals surface area contributed by atoms with Gasteiger partial charge < -0.3 is 14.8 Å². The number of carbonyl (C=O) groups is 3. The normalized spacial score (nSPS) is 14.0. The average molecular weight is 616 g/mol. The molecule has 3 aromatic carbocycles. The van der Waals surface area contributed by atoms with Gasteiger partial charge in [-0.3, -0.25) is 19.3 Å². The van der Waals surface area contributed by atoms with Gasteiger partial charge in [0.15, 0.2) is 11.5 Å². The van der Waals surface area contributed by atoms with E-state index in [2.05, 4.69) is 11.9 Å². The first-order chi connectivity index (χ1) is 19.7. The van der Waals surface area contributed by atoms with Gasteiger partial charge in [0.25, 0.3) is 11.1 Å². The maximum atomic E-state index is 13.9. The number of imide groups is 1. The van der Waals surface area contributed by atoms with Crippen LogP contribution < -0.4 is 14.8 Å². The molecule has 0 radical (unpaired) electrons. The van der Waals surface area contributed by atoms with Crippen molar-refractivity contribution < 1.29 is 28.2 Å². The fourth-order valence-electron chi connectivity index (χ4n) is 3.97. The number of rotatable bonds is 11. The minimum absolute atomic E-state index is 0.0420. The first kappa shape index (κ1) is 30.2. The number of nitrogens with one attached hydrogen (secondary N) is 1. The summed E-state index contributed by atoms with van der Waals surface area (Å²) in [6.45, 7) is 5.66. The number of thioether (sulfide) groups is 1. The molecule has 41 heavy (non-hydrogen) atoms. The number of hydrogen-bond donors (Lipinski definition) is 1. The van der Waals surface area contributed by atoms with Gasteiger partial charge in [0.05, 0.1) is 27.2 Å². The molecule has 0 aromatic heterocycles. The van der Waals surface area contributed by atoms with Gasteiger partial charge in [0, 0.05) is 5.56 Å². The van der Waals surface area contributed by atoms with Crippen molar-refractivity contribution in [1.29, 1.82) is 0 Å². The minimum atomic E-state index is -0.700. The quantitative estimate of drug-likeness (QED) is 0.178. The summed E-state index contributed by atoms with van der Waals surface area (Å²) in [6, 6.07) is 14.4. The van der Waals surface area contributed by atoms with Gasteiger partial charge in [-0.2, -0.15) is 0 Å². The van der Waals surface area contributed by atoms with E-state index in [1.54, 1.807) is 36.4 Å². The number of halogens is 3. The van der Waals surface area contributed by atoms with Gasteiger partial charge in [-0.1, -0.05) is 47.5 Å². The molecule has 1 fully saturated rings. The topological polar surface area (TPSA) is 84.9 Å². The Morgan fingerprint density at radius 3 is 2.59 bits per heavy atom. The summed E-state index contributed by atoms with van der Waals surface area (Å²) in [5.41, 5.74) is 2.11. The highest BCUT2D eigenvalue weighted by Crippen LogP contribution is 2.38. The fourth-order valence-corrected chi connectivity index (χ4v) is 5.13. The molecule has 212 valence electrons. The van der Waals surface area contributed by atoms with Crippen molar-refractivity contribution in [3.05, 3.63) is 105 Å². The third kappa shape index (κ3) is 7.49. The van der Waals surface area contributed by atoms with Gasteiger partial charge in [-0.15, -0.1) is 6.58 Å². The van der Waals surface area contributed by atoms with E-state index >= 15 is 0 Å². The van der Waals surface area contributed by atoms with Crippen LogP contribution in [0.3, 0.4) is 0 Å². The third-order valence-electron chi connectivity index (χ3n) is 5.81. The summed E-state index contributed by atoms with van der Waals surface area (Å²) >= 11 is 12.9. The SMILES string of the molecule is C=CCc1cc(/C=C2\SC(=O)N(CC(=O)Nc3ccccc3F)C2=O)cc(OCC)c1OCc1ccc(Cl)c(Cl)c1. The Hall–Kier alpha value is -3.79. The second-order valence-corrected chi connectivity index (χ2v) is 10.6. The van der Waals surface area contributed by atoms with Crippen molar-refractivity contribution in [2.75, 3.05) is 18.5 Å². The summed E-state index contributed by atoms with van der Waals surface area (Å²) in [7, 11) is 0. The Morgan fingerprint density at radius 1 is 1.10 bits per heavy atom. The number of benzene rings is 3. The zero-order chi connectivity index (χ0) is 29.5. The van der Waals surface area contributed by atoms with Crippen LogP contribution >= 0.6 is 35.0 Å². The Labute approximate surface area is 250 Å². The molecule has 0 spiro atoms. The van der Waals surface area contributed by atoms with Gasteiger partial charge in [-0.05, 0) is 78.7 Å². The number of allylic oxidation sites excluding steroid dienone is 1. The average Bonchev–Trinajstić information content (AvgIpc) is 3.19. The molecule has 1 N–H and O–H groups in total. The Kier molecular flexibility index (Phi) is 10.1. The van der Waals surface area contributed by atoms with Crippen molar-refractivity contribution in [3.63, 3.8) is 0 Å². The molecule has 3 aromatic rings. The molecule has 0 unspecified atom stereocenters. The largest absolute Gasteiger partial charge is 0.490 e. The lowest BCUT2D eigenvalue weighted by Gasteiger charge is -2.17. The maximum absolute atomic E-state index is 13.9. The molecule has 1 saturated heterocycles. The molecule has 0 atom stereocenters. The molecular weight excluding hydrogens is 590 g/mol. The molecule has 1 heterocycles. The van der Waals surface area contributed by atoms with Crippen LogP contribution in [-0.4, -0.2) is 35.1 Å². The molecule has 3 amide bonds. The van der Waals surface area contributed by atoms with Crippen molar-refractivity contribution >= 4 is 63.8 Å². The highest BCUT2D eigenvalue weighted by atomic mass is 35.5. The molecule has 4 rings (SSSR count). The van der Waals surface area contributed by atoms with Gasteiger partial charge in [0.2, 0.25) is 5.91 Å². The van der Waals surface area contributed by atoms with E-state index in [0.717, 1.165) is 16.0 Å². The number of ether oxygens (including phenoxy) is 2. The zero-order valence-corrected chi connectivity index (χ0v) is 24.2. The van der Waals surface area contributed by atoms with E-state index in [9.17, 15) is 18.8 Å². The molecule has 1 aliphatic heterocycles. The fraction of sp³-hybridized carbons (Fsp3) is 0.167. The molecular formula is C30H25Cl2FN2O5S. The number of carbonyl (C=O) groups excluding carboxylic acids is 3. The van der Waals surface area contributed by atoms with E-state index in [1.165, 1.54) is 18.2 Å². The third-order valence-corrected chi connectivity index (χ3v) is 7.45. The summed E-state index contributed by atoms with van der Waals surface area (Å²) in [5, 5.41) is 2.63. The van der Waals surface area contributed by atoms with Gasteiger partial charge in [0.1, 0.15) is 19.0 Å². The maximum Gasteiger partial charge on any atom is 0.294 e. The van der Waals surface area contributed by atoms with Crippen LogP contribution in [0.5, 0.6) is 11.5 Å². The number of hydrogen-bond acceptors (Lipinski definition) is 6. The van der Waals surface area contributed by atoms with E-state index < -0.39 is 29.4 Å². The van der Waals surface area contributed by atoms with Crippen LogP contribution in [0.15, 0.2) is 72.2 Å². The first-order valence-corrected chi connectivity index (χ1v) is 14.0. The smallest absolute Gasteiger partial charge is 0.294 e. The number of anilines is 1. The number of para-hydroxylation sites is 1. The highest BCUT2D eigenvalue weighted by Gasteiger charge is 2.36. The summed E-state index contributed by atoms with van der Waals surface area (Å²) < 4.78 is 25.9. The molecule has 0 bridgehead atoms. The van der Waals surface area contributed by atoms with Crippen LogP contribution in [0.25, 0.3) is 6.08 Å². The van der Waals surface area contributed by atoms with Crippen LogP contribution in [0.1, 0.15) is 23.6 Å². The summed E-state index contributed by atoms with van der Waals surface area (Å²) in [4.78, 5) is 39.0. The van der Waals surface area contributed by atoms with E-state index in [0.29, 0.717) is 51.9 Å². The zero-order valence-electron chi connectivity index (χ0n) is 21.9. The number of nitrogens with zero attached hydrogens (tertiary/aromatic N) is 1. The van der Waals surface area contributed by atoms with Crippen LogP contribution in [-0.2, 0) is 22.6 Å². The van der Waals surface area contributed by atoms with Crippen LogP contribution in [0.2, 0.25) is 10.0 Å². The van der Waals surface area contributed by atoms with Crippen molar-refractivity contribution in [3.8, 4) is 11.5 Å². The monoisotopic (exact) mass is 614 g/mol. The molecule has 0 saturated carbocycles. The summed E-state index contributed by atoms with van der Waals surface area (Å²) in [5.74, 6) is -1.00. The predicted molar refractivity (Wildman–Crippen MR) is 160 cm³/mol. The minimum Gasteiger partial charge on any atom is -0.490 e. The first-order valence-electron chi connectivity index (χ1n) is 12.5. The Bertz CT molecular complexity index is 1550. The standard InChI is InChI=1S/C30H25Cl2FN2O5S/c1-3-7-20-12-19(14-25(39-4-2)28(20)40-17-18-10-11-21(31)22(32)13-18)15-26-29(37)35(30(38)41-26)16-27(36)34-24-9-6-5-8-23(24)33/h3,5-6,8-15H,1,4,7,16-17H2,2H3,(H,34,36)/b26-15-. The summed E-state index contributed by atoms with van der Waals surface area (Å²) in [6.07, 6.45) is 3.70. The van der Waals surface area contributed by atoms with Crippen LogP contribution in [0.4, 0.5) is 14.9 Å². The Balaban J connectivity index is 1.56. The lowest BCUT2D eigenvalue weighted by atomic mass is 10.0. The number of amides is 3. The van der Waals surface area contributed by atoms with Crippen molar-refractivity contribution in [1.82, 2.24) is 4.90 Å². The second kappa shape index (κ2) is 13.7. The molecule has 1 aliphatic rings. The van der Waals surface area contributed by atoms with E-state index in [4.69, 9.17) is 32.7 Å². The van der Waals surface area contributed by atoms with Crippen molar-refractivity contribution in [2.45, 2.75) is 20.0 Å². The Morgan fingerprint density at radius 2 is 1.88 bits per heavy atom. The lowest BCUT2D eigenvalue weighted by molar-refractivity contribution is -0.127. The van der Waals surface area contributed by atoms with E-state index in [1.807, 2.05) is 19.1 Å².